The Hall–Kier alpha value is -2.30. The van der Waals surface area contributed by atoms with Crippen LogP contribution in [0.5, 0.6) is 0 Å². The first-order chi connectivity index (χ1) is 9.51. The summed E-state index contributed by atoms with van der Waals surface area (Å²) in [7, 11) is 1.67. The number of nitriles is 1. The monoisotopic (exact) mass is 270 g/mol. The van der Waals surface area contributed by atoms with Gasteiger partial charge in [0, 0.05) is 18.7 Å². The number of aryl methyl sites for hydroxylation is 1. The number of hydrogen-bond donors (Lipinski definition) is 1. The van der Waals surface area contributed by atoms with Crippen molar-refractivity contribution in [2.75, 3.05) is 13.7 Å². The molecule has 1 N–H and O–H groups in total. The zero-order valence-electron chi connectivity index (χ0n) is 12.0. The first kappa shape index (κ1) is 15.8. The number of rotatable bonds is 3. The van der Waals surface area contributed by atoms with E-state index in [9.17, 15) is 4.79 Å². The van der Waals surface area contributed by atoms with Crippen molar-refractivity contribution in [1.82, 2.24) is 4.90 Å². The molecule has 1 unspecified atom stereocenters. The Morgan fingerprint density at radius 3 is 2.80 bits per heavy atom. The molecule has 1 atom stereocenters. The molecule has 0 saturated carbocycles. The van der Waals surface area contributed by atoms with Gasteiger partial charge in [0.1, 0.15) is 6.61 Å². The van der Waals surface area contributed by atoms with Crippen molar-refractivity contribution in [3.8, 4) is 17.9 Å². The average molecular weight is 270 g/mol. The minimum atomic E-state index is -0.248. The third kappa shape index (κ3) is 3.85. The number of amides is 1. The standard InChI is InChI=1S/C16H18N2O2/c1-12-6-7-15(14(11-12)5-4-10-19)16(20)18(3)13(2)8-9-17/h6-7,11,13,19H,8,10H2,1-3H3. The number of aliphatic hydroxyl groups is 1. The van der Waals surface area contributed by atoms with E-state index in [1.165, 1.54) is 4.90 Å². The molecule has 0 aliphatic rings. The molecule has 0 aliphatic carbocycles. The van der Waals surface area contributed by atoms with Crippen molar-refractivity contribution in [1.29, 1.82) is 5.26 Å². The fourth-order valence-corrected chi connectivity index (χ4v) is 1.74. The minimum absolute atomic E-state index is 0.160. The lowest BCUT2D eigenvalue weighted by atomic mass is 10.0. The predicted molar refractivity (Wildman–Crippen MR) is 76.9 cm³/mol. The van der Waals surface area contributed by atoms with E-state index < -0.39 is 0 Å². The van der Waals surface area contributed by atoms with E-state index in [1.807, 2.05) is 26.0 Å². The average Bonchev–Trinajstić information content (AvgIpc) is 2.44. The van der Waals surface area contributed by atoms with Crippen molar-refractivity contribution in [3.05, 3.63) is 34.9 Å². The molecule has 0 fully saturated rings. The van der Waals surface area contributed by atoms with Crippen molar-refractivity contribution in [2.45, 2.75) is 26.3 Å². The van der Waals surface area contributed by atoms with Crippen LogP contribution in [0.15, 0.2) is 18.2 Å². The molecule has 0 aromatic heterocycles. The van der Waals surface area contributed by atoms with E-state index in [0.717, 1.165) is 5.56 Å². The molecule has 20 heavy (non-hydrogen) atoms. The highest BCUT2D eigenvalue weighted by Crippen LogP contribution is 2.15. The van der Waals surface area contributed by atoms with Gasteiger partial charge in [-0.05, 0) is 31.5 Å². The topological polar surface area (TPSA) is 64.3 Å². The van der Waals surface area contributed by atoms with Gasteiger partial charge >= 0.3 is 0 Å². The Morgan fingerprint density at radius 2 is 2.20 bits per heavy atom. The summed E-state index contributed by atoms with van der Waals surface area (Å²) in [5.74, 6) is 5.19. The van der Waals surface area contributed by atoms with E-state index in [2.05, 4.69) is 17.9 Å². The van der Waals surface area contributed by atoms with Gasteiger partial charge < -0.3 is 10.0 Å². The first-order valence-corrected chi connectivity index (χ1v) is 6.35. The number of nitrogens with zero attached hydrogens (tertiary/aromatic N) is 2. The summed E-state index contributed by atoms with van der Waals surface area (Å²) in [5, 5.41) is 17.5. The van der Waals surface area contributed by atoms with Gasteiger partial charge in [-0.3, -0.25) is 4.79 Å². The summed E-state index contributed by atoms with van der Waals surface area (Å²) in [6, 6.07) is 7.29. The van der Waals surface area contributed by atoms with Crippen LogP contribution < -0.4 is 0 Å². The van der Waals surface area contributed by atoms with Gasteiger partial charge in [-0.25, -0.2) is 0 Å². The molecule has 4 heteroatoms. The lowest BCUT2D eigenvalue weighted by Crippen LogP contribution is -2.35. The maximum atomic E-state index is 12.4. The molecule has 0 spiro atoms. The Bertz CT molecular complexity index is 591. The predicted octanol–water partition coefficient (Wildman–Crippen LogP) is 1.71. The number of carbonyl (C=O) groups is 1. The highest BCUT2D eigenvalue weighted by molar-refractivity contribution is 5.96. The molecule has 0 bridgehead atoms. The third-order valence-electron chi connectivity index (χ3n) is 3.08. The van der Waals surface area contributed by atoms with Gasteiger partial charge in [-0.15, -0.1) is 0 Å². The van der Waals surface area contributed by atoms with Crippen molar-refractivity contribution in [3.63, 3.8) is 0 Å². The molecule has 104 valence electrons. The maximum Gasteiger partial charge on any atom is 0.255 e. The van der Waals surface area contributed by atoms with Crippen LogP contribution in [0.4, 0.5) is 0 Å². The van der Waals surface area contributed by atoms with Crippen molar-refractivity contribution < 1.29 is 9.90 Å². The summed E-state index contributed by atoms with van der Waals surface area (Å²) in [6.45, 7) is 3.50. The smallest absolute Gasteiger partial charge is 0.255 e. The van der Waals surface area contributed by atoms with Crippen LogP contribution in [-0.2, 0) is 0 Å². The Balaban J connectivity index is 3.12. The molecule has 1 amide bonds. The zero-order valence-corrected chi connectivity index (χ0v) is 12.0. The van der Waals surface area contributed by atoms with Crippen LogP contribution >= 0.6 is 0 Å². The van der Waals surface area contributed by atoms with Gasteiger partial charge in [0.15, 0.2) is 0 Å². The SMILES string of the molecule is Cc1ccc(C(=O)N(C)C(C)CC#N)c(C#CCO)c1. The number of carbonyl (C=O) groups excluding carboxylic acids is 1. The van der Waals surface area contributed by atoms with Crippen LogP contribution in [0, 0.1) is 30.1 Å². The van der Waals surface area contributed by atoms with E-state index in [4.69, 9.17) is 10.4 Å². The normalized spacial score (nSPS) is 10.9. The number of aliphatic hydroxyl groups excluding tert-OH is 1. The summed E-state index contributed by atoms with van der Waals surface area (Å²) >= 11 is 0. The fraction of sp³-hybridized carbons (Fsp3) is 0.375. The fourth-order valence-electron chi connectivity index (χ4n) is 1.74. The molecule has 1 aromatic carbocycles. The van der Waals surface area contributed by atoms with Crippen LogP contribution in [0.25, 0.3) is 0 Å². The first-order valence-electron chi connectivity index (χ1n) is 6.35. The molecule has 0 radical (unpaired) electrons. The molecule has 4 nitrogen and oxygen atoms in total. The molecule has 1 rings (SSSR count). The van der Waals surface area contributed by atoms with Gasteiger partial charge in [0.05, 0.1) is 18.1 Å². The molecule has 0 aliphatic heterocycles. The van der Waals surface area contributed by atoms with Crippen LogP contribution in [-0.4, -0.2) is 35.6 Å². The maximum absolute atomic E-state index is 12.4. The van der Waals surface area contributed by atoms with Gasteiger partial charge in [0.25, 0.3) is 5.91 Å². The van der Waals surface area contributed by atoms with Gasteiger partial charge in [-0.2, -0.15) is 5.26 Å². The lowest BCUT2D eigenvalue weighted by Gasteiger charge is -2.23. The Kier molecular flexibility index (Phi) is 5.77. The van der Waals surface area contributed by atoms with E-state index in [1.54, 1.807) is 13.1 Å². The summed E-state index contributed by atoms with van der Waals surface area (Å²) in [4.78, 5) is 14.0. The number of hydrogen-bond acceptors (Lipinski definition) is 3. The Labute approximate surface area is 119 Å². The minimum Gasteiger partial charge on any atom is -0.384 e. The van der Waals surface area contributed by atoms with Crippen LogP contribution in [0.3, 0.4) is 0 Å². The Morgan fingerprint density at radius 1 is 1.50 bits per heavy atom. The molecule has 0 saturated heterocycles. The van der Waals surface area contributed by atoms with Crippen molar-refractivity contribution in [2.24, 2.45) is 0 Å². The lowest BCUT2D eigenvalue weighted by molar-refractivity contribution is 0.0746. The molecule has 0 heterocycles. The molecular formula is C16H18N2O2. The largest absolute Gasteiger partial charge is 0.384 e. The highest BCUT2D eigenvalue weighted by atomic mass is 16.2. The second kappa shape index (κ2) is 7.33. The summed E-state index contributed by atoms with van der Waals surface area (Å²) < 4.78 is 0. The number of benzene rings is 1. The van der Waals surface area contributed by atoms with Crippen LogP contribution in [0.1, 0.15) is 34.8 Å². The second-order valence-electron chi connectivity index (χ2n) is 4.64. The van der Waals surface area contributed by atoms with Crippen LogP contribution in [0.2, 0.25) is 0 Å². The molecule has 1 aromatic rings. The van der Waals surface area contributed by atoms with E-state index >= 15 is 0 Å². The zero-order chi connectivity index (χ0) is 15.1. The van der Waals surface area contributed by atoms with Gasteiger partial charge in [0.2, 0.25) is 0 Å². The highest BCUT2D eigenvalue weighted by Gasteiger charge is 2.19. The third-order valence-corrected chi connectivity index (χ3v) is 3.08. The van der Waals surface area contributed by atoms with E-state index in [0.29, 0.717) is 11.1 Å². The quantitative estimate of drug-likeness (QED) is 0.850. The summed E-state index contributed by atoms with van der Waals surface area (Å²) in [5.41, 5.74) is 2.08. The van der Waals surface area contributed by atoms with Crippen molar-refractivity contribution >= 4 is 5.91 Å². The summed E-state index contributed by atoms with van der Waals surface area (Å²) in [6.07, 6.45) is 0.283. The van der Waals surface area contributed by atoms with E-state index in [-0.39, 0.29) is 25.0 Å². The second-order valence-corrected chi connectivity index (χ2v) is 4.64. The molecular weight excluding hydrogens is 252 g/mol. The van der Waals surface area contributed by atoms with Gasteiger partial charge in [-0.1, -0.05) is 17.9 Å².